The Labute approximate surface area is 189 Å². The molecule has 1 unspecified atom stereocenters. The predicted molar refractivity (Wildman–Crippen MR) is 130 cm³/mol. The maximum Gasteiger partial charge on any atom is 0.468 e. The van der Waals surface area contributed by atoms with Gasteiger partial charge in [0, 0.05) is 21.9 Å². The summed E-state index contributed by atoms with van der Waals surface area (Å²) in [4.78, 5) is 0.899. The second-order valence-corrected chi connectivity index (χ2v) is 10.3. The number of rotatable bonds is 8. The van der Waals surface area contributed by atoms with Crippen molar-refractivity contribution in [2.45, 2.75) is 11.8 Å². The first-order valence-corrected chi connectivity index (χ1v) is 12.5. The molecule has 4 aromatic carbocycles. The maximum absolute atomic E-state index is 6.65. The summed E-state index contributed by atoms with van der Waals surface area (Å²) in [5.41, 5.74) is 0. The van der Waals surface area contributed by atoms with E-state index in [4.69, 9.17) is 13.6 Å². The molecule has 0 N–H and O–H groups in total. The molecule has 0 aliphatic carbocycles. The largest absolute Gasteiger partial charge is 0.514 e. The Morgan fingerprint density at radius 2 is 1.13 bits per heavy atom. The number of thiol groups is 1. The van der Waals surface area contributed by atoms with Crippen molar-refractivity contribution in [2.75, 3.05) is 6.61 Å². The third-order valence-electron chi connectivity index (χ3n) is 4.81. The molecule has 0 saturated carbocycles. The summed E-state index contributed by atoms with van der Waals surface area (Å²) in [6, 6.07) is 35.7. The standard InChI is InChI=1S/C26H24O3SSi/c1-2-27-31(25-11-7-4-8-12-25,29-23-9-5-3-6-10-23)26-19-15-22(16-20-26)28-21-13-17-24(30)18-14-21/h3-20,30H,2H2,1H3. The summed E-state index contributed by atoms with van der Waals surface area (Å²) in [7, 11) is -2.98. The lowest BCUT2D eigenvalue weighted by Crippen LogP contribution is -2.65. The molecule has 4 rings (SSSR count). The first-order valence-electron chi connectivity index (χ1n) is 10.2. The molecule has 0 spiro atoms. The van der Waals surface area contributed by atoms with Crippen LogP contribution in [0.25, 0.3) is 0 Å². The van der Waals surface area contributed by atoms with Crippen LogP contribution in [0.3, 0.4) is 0 Å². The number of benzene rings is 4. The summed E-state index contributed by atoms with van der Waals surface area (Å²) >= 11 is 4.32. The average Bonchev–Trinajstić information content (AvgIpc) is 2.82. The Balaban J connectivity index is 1.71. The van der Waals surface area contributed by atoms with Gasteiger partial charge in [0.25, 0.3) is 0 Å². The van der Waals surface area contributed by atoms with Crippen LogP contribution in [0.1, 0.15) is 6.92 Å². The first-order chi connectivity index (χ1) is 15.2. The molecular formula is C26H24O3SSi. The molecule has 3 nitrogen and oxygen atoms in total. The lowest BCUT2D eigenvalue weighted by atomic mass is 10.3. The minimum atomic E-state index is -2.98. The van der Waals surface area contributed by atoms with Gasteiger partial charge in [-0.2, -0.15) is 0 Å². The van der Waals surface area contributed by atoms with E-state index < -0.39 is 8.56 Å². The molecule has 0 heterocycles. The van der Waals surface area contributed by atoms with Gasteiger partial charge in [0.05, 0.1) is 0 Å². The predicted octanol–water partition coefficient (Wildman–Crippen LogP) is 5.44. The molecule has 0 radical (unpaired) electrons. The fourth-order valence-electron chi connectivity index (χ4n) is 3.39. The molecule has 0 aromatic heterocycles. The van der Waals surface area contributed by atoms with E-state index in [0.717, 1.165) is 32.5 Å². The summed E-state index contributed by atoms with van der Waals surface area (Å²) in [5.74, 6) is 2.31. The molecule has 0 fully saturated rings. The quantitative estimate of drug-likeness (QED) is 0.290. The Hall–Kier alpha value is -2.99. The van der Waals surface area contributed by atoms with Crippen molar-refractivity contribution in [3.8, 4) is 17.2 Å². The van der Waals surface area contributed by atoms with E-state index in [2.05, 4.69) is 24.8 Å². The SMILES string of the molecule is CCO[Si](Oc1ccccc1)(c1ccccc1)c1ccc(Oc2ccc(S)cc2)cc1. The third kappa shape index (κ3) is 5.02. The summed E-state index contributed by atoms with van der Waals surface area (Å²) in [5, 5.41) is 2.07. The van der Waals surface area contributed by atoms with Gasteiger partial charge in [-0.25, -0.2) is 0 Å². The van der Waals surface area contributed by atoms with E-state index in [1.807, 2.05) is 104 Å². The van der Waals surface area contributed by atoms with E-state index in [-0.39, 0.29) is 0 Å². The van der Waals surface area contributed by atoms with E-state index in [1.165, 1.54) is 0 Å². The highest BCUT2D eigenvalue weighted by molar-refractivity contribution is 7.80. The van der Waals surface area contributed by atoms with Gasteiger partial charge < -0.3 is 13.6 Å². The normalized spacial score (nSPS) is 12.7. The number of para-hydroxylation sites is 1. The minimum Gasteiger partial charge on any atom is -0.514 e. The molecule has 156 valence electrons. The van der Waals surface area contributed by atoms with Crippen LogP contribution >= 0.6 is 12.6 Å². The van der Waals surface area contributed by atoms with Crippen LogP contribution in [0.15, 0.2) is 114 Å². The van der Waals surface area contributed by atoms with Gasteiger partial charge in [0.1, 0.15) is 17.2 Å². The Morgan fingerprint density at radius 3 is 1.71 bits per heavy atom. The van der Waals surface area contributed by atoms with Crippen LogP contribution < -0.4 is 19.5 Å². The summed E-state index contributed by atoms with van der Waals surface area (Å²) in [6.45, 7) is 2.55. The van der Waals surface area contributed by atoms with E-state index in [0.29, 0.717) is 6.61 Å². The zero-order valence-corrected chi connectivity index (χ0v) is 19.2. The van der Waals surface area contributed by atoms with Crippen molar-refractivity contribution in [1.82, 2.24) is 0 Å². The highest BCUT2D eigenvalue weighted by atomic mass is 32.1. The summed E-state index contributed by atoms with van der Waals surface area (Å²) < 4.78 is 19.1. The molecule has 0 saturated heterocycles. The summed E-state index contributed by atoms with van der Waals surface area (Å²) in [6.07, 6.45) is 0. The van der Waals surface area contributed by atoms with Gasteiger partial charge in [-0.05, 0) is 55.5 Å². The number of hydrogen-bond donors (Lipinski definition) is 1. The monoisotopic (exact) mass is 444 g/mol. The minimum absolute atomic E-state index is 0.544. The zero-order valence-electron chi connectivity index (χ0n) is 17.3. The van der Waals surface area contributed by atoms with Gasteiger partial charge in [0.2, 0.25) is 0 Å². The topological polar surface area (TPSA) is 27.7 Å². The molecule has 0 aliphatic heterocycles. The molecule has 1 atom stereocenters. The molecular weight excluding hydrogens is 420 g/mol. The second-order valence-electron chi connectivity index (χ2n) is 6.95. The van der Waals surface area contributed by atoms with E-state index >= 15 is 0 Å². The van der Waals surface area contributed by atoms with Crippen molar-refractivity contribution in [3.63, 3.8) is 0 Å². The van der Waals surface area contributed by atoms with Crippen LogP contribution in [0.5, 0.6) is 17.2 Å². The van der Waals surface area contributed by atoms with Gasteiger partial charge >= 0.3 is 8.56 Å². The smallest absolute Gasteiger partial charge is 0.468 e. The molecule has 31 heavy (non-hydrogen) atoms. The van der Waals surface area contributed by atoms with Crippen LogP contribution in [-0.2, 0) is 4.43 Å². The Kier molecular flexibility index (Phi) is 6.77. The van der Waals surface area contributed by atoms with Gasteiger partial charge in [-0.1, -0.05) is 60.7 Å². The molecule has 0 aliphatic rings. The van der Waals surface area contributed by atoms with Crippen molar-refractivity contribution < 1.29 is 13.6 Å². The Bertz CT molecular complexity index is 1090. The van der Waals surface area contributed by atoms with Crippen molar-refractivity contribution in [3.05, 3.63) is 109 Å². The van der Waals surface area contributed by atoms with Gasteiger partial charge in [-0.3, -0.25) is 0 Å². The fraction of sp³-hybridized carbons (Fsp3) is 0.0769. The maximum atomic E-state index is 6.65. The van der Waals surface area contributed by atoms with Gasteiger partial charge in [-0.15, -0.1) is 12.6 Å². The number of hydrogen-bond acceptors (Lipinski definition) is 4. The lowest BCUT2D eigenvalue weighted by molar-refractivity contribution is 0.277. The van der Waals surface area contributed by atoms with Crippen molar-refractivity contribution in [2.24, 2.45) is 0 Å². The second kappa shape index (κ2) is 9.88. The van der Waals surface area contributed by atoms with E-state index in [1.54, 1.807) is 0 Å². The van der Waals surface area contributed by atoms with Crippen LogP contribution in [0.4, 0.5) is 0 Å². The number of ether oxygens (including phenoxy) is 1. The lowest BCUT2D eigenvalue weighted by Gasteiger charge is -2.31. The highest BCUT2D eigenvalue weighted by Crippen LogP contribution is 2.23. The third-order valence-corrected chi connectivity index (χ3v) is 8.52. The van der Waals surface area contributed by atoms with Gasteiger partial charge in [0.15, 0.2) is 0 Å². The van der Waals surface area contributed by atoms with Crippen LogP contribution in [0.2, 0.25) is 0 Å². The van der Waals surface area contributed by atoms with Crippen LogP contribution in [0, 0.1) is 0 Å². The fourth-order valence-corrected chi connectivity index (χ4v) is 6.61. The molecule has 0 amide bonds. The zero-order chi connectivity index (χ0) is 21.5. The molecule has 4 aromatic rings. The Morgan fingerprint density at radius 1 is 0.613 bits per heavy atom. The van der Waals surface area contributed by atoms with Crippen molar-refractivity contribution >= 4 is 31.6 Å². The molecule has 0 bridgehead atoms. The first kappa shape index (κ1) is 21.2. The van der Waals surface area contributed by atoms with E-state index in [9.17, 15) is 0 Å². The average molecular weight is 445 g/mol. The molecule has 5 heteroatoms. The van der Waals surface area contributed by atoms with Crippen molar-refractivity contribution in [1.29, 1.82) is 0 Å². The van der Waals surface area contributed by atoms with Crippen LogP contribution in [-0.4, -0.2) is 15.2 Å². The highest BCUT2D eigenvalue weighted by Gasteiger charge is 2.44.